The van der Waals surface area contributed by atoms with Gasteiger partial charge in [-0.2, -0.15) is 0 Å². The van der Waals surface area contributed by atoms with Gasteiger partial charge in [0.25, 0.3) is 0 Å². The van der Waals surface area contributed by atoms with E-state index >= 15 is 0 Å². The van der Waals surface area contributed by atoms with Gasteiger partial charge >= 0.3 is 0 Å². The van der Waals surface area contributed by atoms with Crippen LogP contribution in [-0.4, -0.2) is 97.3 Å². The Bertz CT molecular complexity index is 1340. The van der Waals surface area contributed by atoms with Crippen molar-refractivity contribution in [1.82, 2.24) is 14.8 Å². The van der Waals surface area contributed by atoms with Crippen LogP contribution in [0.15, 0.2) is 23.6 Å². The monoisotopic (exact) mass is 601 g/mol. The van der Waals surface area contributed by atoms with Crippen molar-refractivity contribution in [2.75, 3.05) is 51.3 Å². The maximum atomic E-state index is 14.5. The number of amides is 2. The number of nitrogens with two attached hydrogens (primary N) is 1. The summed E-state index contributed by atoms with van der Waals surface area (Å²) in [5.41, 5.74) is 8.05. The molecule has 4 fully saturated rings. The highest BCUT2D eigenvalue weighted by Gasteiger charge is 2.56. The van der Waals surface area contributed by atoms with Crippen molar-refractivity contribution in [3.63, 3.8) is 0 Å². The molecule has 3 saturated heterocycles. The summed E-state index contributed by atoms with van der Waals surface area (Å²) in [5.74, 6) is -3.57. The molecule has 2 N–H and O–H groups in total. The van der Waals surface area contributed by atoms with Crippen LogP contribution in [0.3, 0.4) is 0 Å². The van der Waals surface area contributed by atoms with Gasteiger partial charge in [-0.25, -0.2) is 13.8 Å². The molecule has 1 aromatic heterocycles. The Balaban J connectivity index is 1.38. The van der Waals surface area contributed by atoms with Gasteiger partial charge in [-0.3, -0.25) is 14.4 Å². The first-order valence-electron chi connectivity index (χ1n) is 14.8. The lowest BCUT2D eigenvalue weighted by Crippen LogP contribution is -2.46. The van der Waals surface area contributed by atoms with Gasteiger partial charge in [0.05, 0.1) is 23.6 Å². The van der Waals surface area contributed by atoms with E-state index in [9.17, 15) is 23.2 Å². The molecule has 12 heteroatoms. The molecule has 4 aliphatic rings. The first kappa shape index (κ1) is 29.1. The van der Waals surface area contributed by atoms with Gasteiger partial charge in [0, 0.05) is 49.2 Å². The summed E-state index contributed by atoms with van der Waals surface area (Å²) in [7, 11) is 2.10. The van der Waals surface area contributed by atoms with Crippen molar-refractivity contribution >= 4 is 34.1 Å². The summed E-state index contributed by atoms with van der Waals surface area (Å²) in [4.78, 5) is 50.7. The van der Waals surface area contributed by atoms with E-state index in [1.54, 1.807) is 23.5 Å². The number of fused-ring (bicyclic) bond motifs is 1. The van der Waals surface area contributed by atoms with Gasteiger partial charge in [-0.05, 0) is 43.5 Å². The van der Waals surface area contributed by atoms with Crippen molar-refractivity contribution in [1.29, 1.82) is 0 Å². The molecule has 6 rings (SSSR count). The number of ether oxygens (including phenoxy) is 1. The molecule has 0 bridgehead atoms. The summed E-state index contributed by atoms with van der Waals surface area (Å²) in [6.07, 6.45) is 0.670. The first-order chi connectivity index (χ1) is 20.2. The molecule has 42 heavy (non-hydrogen) atoms. The molecule has 0 spiro atoms. The van der Waals surface area contributed by atoms with Gasteiger partial charge < -0.3 is 25.2 Å². The van der Waals surface area contributed by atoms with Crippen molar-refractivity contribution < 1.29 is 27.9 Å². The molecule has 2 aromatic rings. The minimum Gasteiger partial charge on any atom is -0.367 e. The number of carbonyl (C=O) groups is 3. The summed E-state index contributed by atoms with van der Waals surface area (Å²) in [6.45, 7) is 3.14. The second kappa shape index (κ2) is 12.0. The van der Waals surface area contributed by atoms with Crippen LogP contribution in [0, 0.1) is 11.8 Å². The SMILES string of the molecule is CN1CCN(c2nc(-c3ccc(C(N)=O)c([C@@H](C(=O)N4C[C@H](C(F)F)[C@H]5OCC(=O)[C@H]54)C4CCCCC4)c3)cs2)CC1. The average molecular weight is 602 g/mol. The largest absolute Gasteiger partial charge is 0.367 e. The standard InChI is InChI=1S/C30H37F2N5O4S/c1-35-9-11-36(12-10-35)30-34-22(16-42-30)18-7-8-19(28(33)39)20(13-18)24(17-5-3-2-4-6-17)29(40)37-14-21(27(31)32)26-25(37)23(38)15-41-26/h7-8,13,16-17,21,24-27H,2-6,9-12,14-15H2,1H3,(H2,33,39)/t21-,24-,25+,26+/m0/s1. The van der Waals surface area contributed by atoms with Crippen LogP contribution in [0.2, 0.25) is 0 Å². The lowest BCUT2D eigenvalue weighted by atomic mass is 9.74. The number of primary amides is 1. The predicted molar refractivity (Wildman–Crippen MR) is 155 cm³/mol. The maximum Gasteiger partial charge on any atom is 0.249 e. The van der Waals surface area contributed by atoms with Crippen LogP contribution in [0.5, 0.6) is 0 Å². The van der Waals surface area contributed by atoms with E-state index in [1.807, 2.05) is 11.4 Å². The molecule has 0 unspecified atom stereocenters. The molecule has 4 heterocycles. The minimum atomic E-state index is -2.72. The Hall–Kier alpha value is -2.96. The normalized spacial score (nSPS) is 26.2. The number of hydrogen-bond acceptors (Lipinski definition) is 8. The zero-order valence-corrected chi connectivity index (χ0v) is 24.5. The van der Waals surface area contributed by atoms with E-state index in [4.69, 9.17) is 15.5 Å². The minimum absolute atomic E-state index is 0.114. The number of hydrogen-bond donors (Lipinski definition) is 1. The molecule has 1 aromatic carbocycles. The average Bonchev–Trinajstić information content (AvgIpc) is 3.71. The highest BCUT2D eigenvalue weighted by Crippen LogP contribution is 2.43. The molecule has 2 amide bonds. The van der Waals surface area contributed by atoms with Crippen LogP contribution in [0.4, 0.5) is 13.9 Å². The highest BCUT2D eigenvalue weighted by atomic mass is 32.1. The maximum absolute atomic E-state index is 14.5. The summed E-state index contributed by atoms with van der Waals surface area (Å²) >= 11 is 1.55. The van der Waals surface area contributed by atoms with Gasteiger partial charge in [0.15, 0.2) is 10.9 Å². The van der Waals surface area contributed by atoms with Crippen molar-refractivity contribution in [2.24, 2.45) is 17.6 Å². The van der Waals surface area contributed by atoms with E-state index < -0.39 is 42.2 Å². The molecule has 1 saturated carbocycles. The Morgan fingerprint density at radius 2 is 1.86 bits per heavy atom. The Morgan fingerprint density at radius 3 is 2.55 bits per heavy atom. The number of anilines is 1. The first-order valence-corrected chi connectivity index (χ1v) is 15.7. The van der Waals surface area contributed by atoms with Crippen molar-refractivity contribution in [3.05, 3.63) is 34.7 Å². The molecule has 0 radical (unpaired) electrons. The fourth-order valence-corrected chi connectivity index (χ4v) is 8.01. The fourth-order valence-electron chi connectivity index (χ4n) is 7.12. The Morgan fingerprint density at radius 1 is 1.12 bits per heavy atom. The van der Waals surface area contributed by atoms with Crippen LogP contribution >= 0.6 is 11.3 Å². The fraction of sp³-hybridized carbons (Fsp3) is 0.600. The zero-order chi connectivity index (χ0) is 29.5. The second-order valence-electron chi connectivity index (χ2n) is 12.0. The van der Waals surface area contributed by atoms with Gasteiger partial charge in [-0.1, -0.05) is 25.3 Å². The number of likely N-dealkylation sites (N-methyl/N-ethyl adjacent to an activating group) is 1. The zero-order valence-electron chi connectivity index (χ0n) is 23.7. The van der Waals surface area contributed by atoms with Crippen LogP contribution in [-0.2, 0) is 14.3 Å². The number of thiazole rings is 1. The topological polar surface area (TPSA) is 109 Å². The van der Waals surface area contributed by atoms with Gasteiger partial charge in [0.2, 0.25) is 18.2 Å². The van der Waals surface area contributed by atoms with Crippen LogP contribution in [0.25, 0.3) is 11.3 Å². The third kappa shape index (κ3) is 5.44. The van der Waals surface area contributed by atoms with Crippen LogP contribution < -0.4 is 10.6 Å². The number of ketones is 1. The molecular formula is C30H37F2N5O4S. The summed E-state index contributed by atoms with van der Waals surface area (Å²) in [5, 5.41) is 2.89. The quantitative estimate of drug-likeness (QED) is 0.518. The number of benzene rings is 1. The Labute approximate surface area is 248 Å². The number of nitrogens with zero attached hydrogens (tertiary/aromatic N) is 4. The van der Waals surface area contributed by atoms with E-state index in [1.165, 1.54) is 4.90 Å². The van der Waals surface area contributed by atoms with E-state index in [0.717, 1.165) is 74.7 Å². The number of carbonyl (C=O) groups excluding carboxylic acids is 3. The highest BCUT2D eigenvalue weighted by molar-refractivity contribution is 7.14. The third-order valence-corrected chi connectivity index (χ3v) is 10.3. The van der Waals surface area contributed by atoms with Crippen molar-refractivity contribution in [2.45, 2.75) is 56.6 Å². The third-order valence-electron chi connectivity index (χ3n) is 9.43. The molecular weight excluding hydrogens is 564 g/mol. The second-order valence-corrected chi connectivity index (χ2v) is 12.9. The molecule has 1 aliphatic carbocycles. The van der Waals surface area contributed by atoms with Gasteiger partial charge in [-0.15, -0.1) is 11.3 Å². The smallest absolute Gasteiger partial charge is 0.249 e. The van der Waals surface area contributed by atoms with Crippen LogP contribution in [0.1, 0.15) is 53.9 Å². The lowest BCUT2D eigenvalue weighted by Gasteiger charge is -2.35. The number of halogens is 2. The number of piperazine rings is 1. The van der Waals surface area contributed by atoms with Gasteiger partial charge in [0.1, 0.15) is 12.6 Å². The number of likely N-dealkylation sites (tertiary alicyclic amines) is 1. The summed E-state index contributed by atoms with van der Waals surface area (Å²) in [6, 6.07) is 4.23. The van der Waals surface area contributed by atoms with Crippen molar-refractivity contribution in [3.8, 4) is 11.3 Å². The van der Waals surface area contributed by atoms with E-state index in [0.29, 0.717) is 5.56 Å². The van der Waals surface area contributed by atoms with E-state index in [2.05, 4.69) is 16.8 Å². The number of Topliss-reactive ketones (excluding diaryl/α,β-unsaturated/α-hetero) is 1. The number of aromatic nitrogens is 1. The lowest BCUT2D eigenvalue weighted by molar-refractivity contribution is -0.139. The molecule has 3 aliphatic heterocycles. The predicted octanol–water partition coefficient (Wildman–Crippen LogP) is 3.38. The molecule has 9 nitrogen and oxygen atoms in total. The number of alkyl halides is 2. The molecule has 226 valence electrons. The number of rotatable bonds is 7. The van der Waals surface area contributed by atoms with E-state index in [-0.39, 0.29) is 30.4 Å². The Kier molecular flexibility index (Phi) is 8.30. The summed E-state index contributed by atoms with van der Waals surface area (Å²) < 4.78 is 33.4. The molecule has 4 atom stereocenters.